The molecule has 104 valence electrons. The Morgan fingerprint density at radius 3 is 2.50 bits per heavy atom. The van der Waals surface area contributed by atoms with Gasteiger partial charge in [0.1, 0.15) is 5.82 Å². The van der Waals surface area contributed by atoms with Gasteiger partial charge in [0.05, 0.1) is 0 Å². The molecule has 0 radical (unpaired) electrons. The van der Waals surface area contributed by atoms with E-state index in [0.717, 1.165) is 17.7 Å². The van der Waals surface area contributed by atoms with E-state index in [4.69, 9.17) is 12.2 Å². The molecule has 2 nitrogen and oxygen atoms in total. The highest BCUT2D eigenvalue weighted by molar-refractivity contribution is 7.80. The largest absolute Gasteiger partial charge is 0.358 e. The SMILES string of the molecule is Fc1cccc(CNC(=S)Nc2ccc(F)c(F)c2)c1. The second-order valence-corrected chi connectivity index (χ2v) is 4.47. The van der Waals surface area contributed by atoms with Crippen molar-refractivity contribution in [3.05, 3.63) is 65.5 Å². The topological polar surface area (TPSA) is 24.1 Å². The van der Waals surface area contributed by atoms with Crippen molar-refractivity contribution in [2.24, 2.45) is 0 Å². The zero-order valence-electron chi connectivity index (χ0n) is 10.3. The summed E-state index contributed by atoms with van der Waals surface area (Å²) in [7, 11) is 0. The molecule has 0 aliphatic heterocycles. The predicted molar refractivity (Wildman–Crippen MR) is 75.8 cm³/mol. The molecular weight excluding hydrogens is 285 g/mol. The van der Waals surface area contributed by atoms with Gasteiger partial charge in [0.2, 0.25) is 0 Å². The highest BCUT2D eigenvalue weighted by Crippen LogP contribution is 2.13. The van der Waals surface area contributed by atoms with E-state index < -0.39 is 11.6 Å². The average molecular weight is 296 g/mol. The van der Waals surface area contributed by atoms with Gasteiger partial charge in [0.15, 0.2) is 16.7 Å². The van der Waals surface area contributed by atoms with E-state index in [-0.39, 0.29) is 10.9 Å². The number of rotatable bonds is 3. The van der Waals surface area contributed by atoms with E-state index in [1.54, 1.807) is 12.1 Å². The number of nitrogens with one attached hydrogen (secondary N) is 2. The Morgan fingerprint density at radius 2 is 1.80 bits per heavy atom. The van der Waals surface area contributed by atoms with Crippen molar-refractivity contribution in [3.63, 3.8) is 0 Å². The summed E-state index contributed by atoms with van der Waals surface area (Å²) in [5, 5.41) is 5.80. The van der Waals surface area contributed by atoms with Crippen LogP contribution in [0.25, 0.3) is 0 Å². The van der Waals surface area contributed by atoms with Crippen LogP contribution in [0.3, 0.4) is 0 Å². The molecule has 6 heteroatoms. The Labute approximate surface area is 119 Å². The molecule has 0 saturated heterocycles. The fourth-order valence-electron chi connectivity index (χ4n) is 1.58. The average Bonchev–Trinajstić information content (AvgIpc) is 2.41. The lowest BCUT2D eigenvalue weighted by Crippen LogP contribution is -2.27. The second kappa shape index (κ2) is 6.38. The maximum Gasteiger partial charge on any atom is 0.171 e. The lowest BCUT2D eigenvalue weighted by molar-refractivity contribution is 0.509. The highest BCUT2D eigenvalue weighted by atomic mass is 32.1. The summed E-state index contributed by atoms with van der Waals surface area (Å²) in [4.78, 5) is 0. The van der Waals surface area contributed by atoms with Crippen LogP contribution in [0, 0.1) is 17.5 Å². The van der Waals surface area contributed by atoms with Gasteiger partial charge in [-0.15, -0.1) is 0 Å². The number of halogens is 3. The Bertz CT molecular complexity index is 632. The van der Waals surface area contributed by atoms with Crippen molar-refractivity contribution in [1.29, 1.82) is 0 Å². The molecule has 20 heavy (non-hydrogen) atoms. The van der Waals surface area contributed by atoms with Crippen molar-refractivity contribution in [3.8, 4) is 0 Å². The van der Waals surface area contributed by atoms with Gasteiger partial charge in [-0.05, 0) is 42.0 Å². The summed E-state index contributed by atoms with van der Waals surface area (Å²) in [5.74, 6) is -2.21. The van der Waals surface area contributed by atoms with E-state index in [1.165, 1.54) is 18.2 Å². The monoisotopic (exact) mass is 296 g/mol. The molecule has 0 atom stereocenters. The summed E-state index contributed by atoms with van der Waals surface area (Å²) in [6.45, 7) is 0.327. The number of thiocarbonyl (C=S) groups is 1. The summed E-state index contributed by atoms with van der Waals surface area (Å²) in [5.41, 5.74) is 1.06. The third-order valence-electron chi connectivity index (χ3n) is 2.52. The van der Waals surface area contributed by atoms with Gasteiger partial charge in [-0.1, -0.05) is 12.1 Å². The Morgan fingerprint density at radius 1 is 1.00 bits per heavy atom. The zero-order valence-corrected chi connectivity index (χ0v) is 11.1. The van der Waals surface area contributed by atoms with Gasteiger partial charge < -0.3 is 10.6 Å². The molecule has 2 aromatic rings. The van der Waals surface area contributed by atoms with Crippen molar-refractivity contribution in [2.75, 3.05) is 5.32 Å². The molecule has 0 aromatic heterocycles. The summed E-state index contributed by atoms with van der Waals surface area (Å²) < 4.78 is 38.7. The van der Waals surface area contributed by atoms with E-state index in [0.29, 0.717) is 12.2 Å². The van der Waals surface area contributed by atoms with E-state index in [9.17, 15) is 13.2 Å². The lowest BCUT2D eigenvalue weighted by Gasteiger charge is -2.10. The number of hydrogen-bond donors (Lipinski definition) is 2. The zero-order chi connectivity index (χ0) is 14.5. The minimum absolute atomic E-state index is 0.236. The van der Waals surface area contributed by atoms with Crippen LogP contribution in [0.4, 0.5) is 18.9 Å². The second-order valence-electron chi connectivity index (χ2n) is 4.07. The minimum atomic E-state index is -0.956. The Kier molecular flexibility index (Phi) is 4.57. The summed E-state index contributed by atoms with van der Waals surface area (Å²) in [6, 6.07) is 9.45. The quantitative estimate of drug-likeness (QED) is 0.846. The molecule has 2 aromatic carbocycles. The number of hydrogen-bond acceptors (Lipinski definition) is 1. The first-order valence-electron chi connectivity index (χ1n) is 5.79. The van der Waals surface area contributed by atoms with Crippen molar-refractivity contribution in [2.45, 2.75) is 6.54 Å². The molecule has 2 N–H and O–H groups in total. The first-order chi connectivity index (χ1) is 9.54. The number of anilines is 1. The maximum atomic E-state index is 13.0. The van der Waals surface area contributed by atoms with E-state index in [1.807, 2.05) is 0 Å². The van der Waals surface area contributed by atoms with Crippen molar-refractivity contribution in [1.82, 2.24) is 5.32 Å². The van der Waals surface area contributed by atoms with Gasteiger partial charge in [0, 0.05) is 18.3 Å². The van der Waals surface area contributed by atoms with Crippen molar-refractivity contribution < 1.29 is 13.2 Å². The van der Waals surface area contributed by atoms with Crippen LogP contribution in [0.5, 0.6) is 0 Å². The van der Waals surface area contributed by atoms with Gasteiger partial charge in [-0.2, -0.15) is 0 Å². The molecular formula is C14H11F3N2S. The summed E-state index contributed by atoms with van der Waals surface area (Å²) >= 11 is 5.01. The number of benzene rings is 2. The molecule has 2 rings (SSSR count). The van der Waals surface area contributed by atoms with Crippen LogP contribution < -0.4 is 10.6 Å². The van der Waals surface area contributed by atoms with Crippen LogP contribution in [0.15, 0.2) is 42.5 Å². The Hall–Kier alpha value is -2.08. The first-order valence-corrected chi connectivity index (χ1v) is 6.20. The third-order valence-corrected chi connectivity index (χ3v) is 2.77. The fraction of sp³-hybridized carbons (Fsp3) is 0.0714. The van der Waals surface area contributed by atoms with Gasteiger partial charge in [0.25, 0.3) is 0 Å². The molecule has 0 spiro atoms. The minimum Gasteiger partial charge on any atom is -0.358 e. The first kappa shape index (κ1) is 14.3. The third kappa shape index (κ3) is 3.96. The van der Waals surface area contributed by atoms with E-state index >= 15 is 0 Å². The van der Waals surface area contributed by atoms with Gasteiger partial charge in [-0.25, -0.2) is 13.2 Å². The molecule has 0 saturated carbocycles. The molecule has 0 bridgehead atoms. The molecule has 0 aliphatic carbocycles. The van der Waals surface area contributed by atoms with Gasteiger partial charge >= 0.3 is 0 Å². The van der Waals surface area contributed by atoms with Crippen LogP contribution in [0.2, 0.25) is 0 Å². The normalized spacial score (nSPS) is 10.2. The molecule has 0 aliphatic rings. The molecule has 0 heterocycles. The van der Waals surface area contributed by atoms with Crippen LogP contribution >= 0.6 is 12.2 Å². The van der Waals surface area contributed by atoms with Crippen LogP contribution in [-0.2, 0) is 6.54 Å². The Balaban J connectivity index is 1.91. The maximum absolute atomic E-state index is 13.0. The van der Waals surface area contributed by atoms with Crippen molar-refractivity contribution >= 4 is 23.0 Å². The molecule has 0 fully saturated rings. The fourth-order valence-corrected chi connectivity index (χ4v) is 1.77. The molecule has 0 unspecified atom stereocenters. The van der Waals surface area contributed by atoms with Gasteiger partial charge in [-0.3, -0.25) is 0 Å². The lowest BCUT2D eigenvalue weighted by atomic mass is 10.2. The highest BCUT2D eigenvalue weighted by Gasteiger charge is 2.04. The van der Waals surface area contributed by atoms with Crippen LogP contribution in [0.1, 0.15) is 5.56 Å². The smallest absolute Gasteiger partial charge is 0.171 e. The van der Waals surface area contributed by atoms with E-state index in [2.05, 4.69) is 10.6 Å². The predicted octanol–water partition coefficient (Wildman–Crippen LogP) is 3.59. The summed E-state index contributed by atoms with van der Waals surface area (Å²) in [6.07, 6.45) is 0. The van der Waals surface area contributed by atoms with Crippen LogP contribution in [-0.4, -0.2) is 5.11 Å². The standard InChI is InChI=1S/C14H11F3N2S/c15-10-3-1-2-9(6-10)8-18-14(20)19-11-4-5-12(16)13(17)7-11/h1-7H,8H2,(H2,18,19,20). The molecule has 0 amide bonds.